The third-order valence-corrected chi connectivity index (χ3v) is 5.41. The molecule has 0 amide bonds. The zero-order valence-corrected chi connectivity index (χ0v) is 16.9. The van der Waals surface area contributed by atoms with Gasteiger partial charge in [-0.1, -0.05) is 91.0 Å². The van der Waals surface area contributed by atoms with Gasteiger partial charge >= 0.3 is 0 Å². The van der Waals surface area contributed by atoms with Crippen LogP contribution in [0.25, 0.3) is 0 Å². The van der Waals surface area contributed by atoms with Gasteiger partial charge in [-0.25, -0.2) is 0 Å². The van der Waals surface area contributed by atoms with Gasteiger partial charge in [-0.3, -0.25) is 0 Å². The summed E-state index contributed by atoms with van der Waals surface area (Å²) in [5.41, 5.74) is 4.05. The quantitative estimate of drug-likeness (QED) is 0.593. The van der Waals surface area contributed by atoms with E-state index < -0.39 is 0 Å². The van der Waals surface area contributed by atoms with Gasteiger partial charge in [0.15, 0.2) is 0 Å². The molecule has 2 atom stereocenters. The normalized spacial score (nSPS) is 18.8. The minimum Gasteiger partial charge on any atom is -0.376 e. The summed E-state index contributed by atoms with van der Waals surface area (Å²) in [6.07, 6.45) is 2.32. The second-order valence-electron chi connectivity index (χ2n) is 7.29. The van der Waals surface area contributed by atoms with Crippen LogP contribution >= 0.6 is 12.4 Å². The van der Waals surface area contributed by atoms with E-state index in [1.54, 1.807) is 0 Å². The molecular weight excluding hydrogens is 366 g/mol. The fourth-order valence-electron chi connectivity index (χ4n) is 4.04. The standard InChI is InChI=1S/C25H27NO.ClH/c1-4-10-20(11-5-1)16-17-26-23-18-24(27-19-23)25(21-12-6-2-7-13-21)22-14-8-3-9-15-22;/h1-15,23-26H,16-19H2;1H/t23-,24+;/m1./s1. The van der Waals surface area contributed by atoms with Crippen LogP contribution in [0.5, 0.6) is 0 Å². The average molecular weight is 394 g/mol. The summed E-state index contributed by atoms with van der Waals surface area (Å²) in [5.74, 6) is 0.285. The summed E-state index contributed by atoms with van der Waals surface area (Å²) >= 11 is 0. The van der Waals surface area contributed by atoms with Crippen LogP contribution in [-0.2, 0) is 11.2 Å². The van der Waals surface area contributed by atoms with Gasteiger partial charge in [0.25, 0.3) is 0 Å². The average Bonchev–Trinajstić information content (AvgIpc) is 3.19. The lowest BCUT2D eigenvalue weighted by Gasteiger charge is -2.24. The van der Waals surface area contributed by atoms with Crippen molar-refractivity contribution >= 4 is 12.4 Å². The van der Waals surface area contributed by atoms with Gasteiger partial charge in [0.2, 0.25) is 0 Å². The van der Waals surface area contributed by atoms with E-state index in [1.165, 1.54) is 16.7 Å². The Kier molecular flexibility index (Phi) is 7.67. The van der Waals surface area contributed by atoms with E-state index in [0.29, 0.717) is 6.04 Å². The molecule has 1 aliphatic rings. The summed E-state index contributed by atoms with van der Waals surface area (Å²) in [6.45, 7) is 1.78. The molecule has 1 aliphatic heterocycles. The Labute approximate surface area is 174 Å². The van der Waals surface area contributed by atoms with Crippen LogP contribution in [0.1, 0.15) is 29.0 Å². The predicted molar refractivity (Wildman–Crippen MR) is 118 cm³/mol. The molecule has 0 bridgehead atoms. The van der Waals surface area contributed by atoms with E-state index in [9.17, 15) is 0 Å². The first-order valence-electron chi connectivity index (χ1n) is 9.89. The largest absolute Gasteiger partial charge is 0.376 e. The highest BCUT2D eigenvalue weighted by atomic mass is 35.5. The fourth-order valence-corrected chi connectivity index (χ4v) is 4.04. The van der Waals surface area contributed by atoms with Crippen LogP contribution in [0.4, 0.5) is 0 Å². The smallest absolute Gasteiger partial charge is 0.0700 e. The first-order chi connectivity index (χ1) is 13.4. The lowest BCUT2D eigenvalue weighted by Crippen LogP contribution is -2.31. The third-order valence-electron chi connectivity index (χ3n) is 5.41. The van der Waals surface area contributed by atoms with Gasteiger partial charge in [-0.15, -0.1) is 12.4 Å². The summed E-state index contributed by atoms with van der Waals surface area (Å²) < 4.78 is 6.28. The lowest BCUT2D eigenvalue weighted by atomic mass is 9.85. The van der Waals surface area contributed by atoms with Crippen LogP contribution in [0.15, 0.2) is 91.0 Å². The molecule has 3 aromatic rings. The molecule has 1 saturated heterocycles. The Hall–Kier alpha value is -2.13. The van der Waals surface area contributed by atoms with E-state index in [-0.39, 0.29) is 24.4 Å². The number of nitrogens with one attached hydrogen (secondary N) is 1. The molecule has 1 N–H and O–H groups in total. The molecule has 0 radical (unpaired) electrons. The Morgan fingerprint density at radius 1 is 0.786 bits per heavy atom. The number of rotatable bonds is 7. The Morgan fingerprint density at radius 2 is 1.32 bits per heavy atom. The fraction of sp³-hybridized carbons (Fsp3) is 0.280. The van der Waals surface area contributed by atoms with Crippen LogP contribution in [-0.4, -0.2) is 25.3 Å². The second-order valence-corrected chi connectivity index (χ2v) is 7.29. The van der Waals surface area contributed by atoms with Gasteiger partial charge in [-0.2, -0.15) is 0 Å². The van der Waals surface area contributed by atoms with Gasteiger partial charge in [0.05, 0.1) is 12.7 Å². The van der Waals surface area contributed by atoms with E-state index in [2.05, 4.69) is 96.3 Å². The van der Waals surface area contributed by atoms with Crippen molar-refractivity contribution in [2.45, 2.75) is 30.9 Å². The maximum absolute atomic E-state index is 6.28. The zero-order chi connectivity index (χ0) is 18.3. The number of halogens is 1. The SMILES string of the molecule is Cl.c1ccc(CCN[C@H]2CO[C@H](C(c3ccccc3)c3ccccc3)C2)cc1. The molecule has 2 nitrogen and oxygen atoms in total. The van der Waals surface area contributed by atoms with E-state index in [1.807, 2.05) is 0 Å². The molecule has 0 aromatic heterocycles. The van der Waals surface area contributed by atoms with Crippen molar-refractivity contribution < 1.29 is 4.74 Å². The molecule has 4 rings (SSSR count). The van der Waals surface area contributed by atoms with Gasteiger partial charge in [0.1, 0.15) is 0 Å². The van der Waals surface area contributed by atoms with Crippen molar-refractivity contribution in [3.8, 4) is 0 Å². The lowest BCUT2D eigenvalue weighted by molar-refractivity contribution is 0.0960. The van der Waals surface area contributed by atoms with Gasteiger partial charge in [0, 0.05) is 12.0 Å². The maximum Gasteiger partial charge on any atom is 0.0700 e. The Morgan fingerprint density at radius 3 is 1.89 bits per heavy atom. The molecule has 3 aromatic carbocycles. The summed E-state index contributed by atoms with van der Waals surface area (Å²) in [7, 11) is 0. The molecule has 28 heavy (non-hydrogen) atoms. The predicted octanol–water partition coefficient (Wildman–Crippen LogP) is 5.23. The first kappa shape index (κ1) is 20.6. The summed E-state index contributed by atoms with van der Waals surface area (Å²) in [4.78, 5) is 0. The van der Waals surface area contributed by atoms with Crippen LogP contribution < -0.4 is 5.32 Å². The number of hydrogen-bond donors (Lipinski definition) is 1. The highest BCUT2D eigenvalue weighted by Crippen LogP contribution is 2.34. The molecule has 1 fully saturated rings. The molecule has 0 saturated carbocycles. The van der Waals surface area contributed by atoms with Crippen molar-refractivity contribution in [1.29, 1.82) is 0 Å². The van der Waals surface area contributed by atoms with Gasteiger partial charge in [-0.05, 0) is 36.1 Å². The summed E-state index contributed by atoms with van der Waals surface area (Å²) in [6, 6.07) is 32.6. The zero-order valence-electron chi connectivity index (χ0n) is 16.0. The molecular formula is C25H28ClNO. The monoisotopic (exact) mass is 393 g/mol. The topological polar surface area (TPSA) is 21.3 Å². The van der Waals surface area contributed by atoms with Crippen molar-refractivity contribution in [1.82, 2.24) is 5.32 Å². The molecule has 146 valence electrons. The first-order valence-corrected chi connectivity index (χ1v) is 9.89. The molecule has 3 heteroatoms. The minimum atomic E-state index is 0. The van der Waals surface area contributed by atoms with Crippen LogP contribution in [0, 0.1) is 0 Å². The number of benzene rings is 3. The Bertz CT molecular complexity index is 770. The maximum atomic E-state index is 6.28. The van der Waals surface area contributed by atoms with Crippen molar-refractivity contribution in [2.75, 3.05) is 13.2 Å². The number of ether oxygens (including phenoxy) is 1. The Balaban J connectivity index is 0.00000225. The molecule has 0 aliphatic carbocycles. The van der Waals surface area contributed by atoms with Gasteiger partial charge < -0.3 is 10.1 Å². The minimum absolute atomic E-state index is 0. The van der Waals surface area contributed by atoms with E-state index in [4.69, 9.17) is 4.74 Å². The number of hydrogen-bond acceptors (Lipinski definition) is 2. The van der Waals surface area contributed by atoms with Crippen molar-refractivity contribution in [2.24, 2.45) is 0 Å². The molecule has 0 spiro atoms. The van der Waals surface area contributed by atoms with E-state index in [0.717, 1.165) is 26.0 Å². The van der Waals surface area contributed by atoms with Crippen molar-refractivity contribution in [3.05, 3.63) is 108 Å². The van der Waals surface area contributed by atoms with E-state index >= 15 is 0 Å². The van der Waals surface area contributed by atoms with Crippen LogP contribution in [0.2, 0.25) is 0 Å². The second kappa shape index (κ2) is 10.4. The van der Waals surface area contributed by atoms with Crippen molar-refractivity contribution in [3.63, 3.8) is 0 Å². The summed E-state index contributed by atoms with van der Waals surface area (Å²) in [5, 5.41) is 3.69. The highest BCUT2D eigenvalue weighted by Gasteiger charge is 2.33. The molecule has 0 unspecified atom stereocenters. The molecule has 1 heterocycles. The third kappa shape index (κ3) is 5.23. The highest BCUT2D eigenvalue weighted by molar-refractivity contribution is 5.85. The van der Waals surface area contributed by atoms with Crippen LogP contribution in [0.3, 0.4) is 0 Å².